The van der Waals surface area contributed by atoms with E-state index in [0.29, 0.717) is 20.1 Å². The van der Waals surface area contributed by atoms with Crippen LogP contribution in [0.15, 0.2) is 36.4 Å². The fourth-order valence-electron chi connectivity index (χ4n) is 2.47. The molecule has 0 saturated carbocycles. The average Bonchev–Trinajstić information content (AvgIpc) is 2.51. The predicted molar refractivity (Wildman–Crippen MR) is 98.8 cm³/mol. The lowest BCUT2D eigenvalue weighted by molar-refractivity contribution is 0.640. The van der Waals surface area contributed by atoms with Crippen LogP contribution in [0.25, 0.3) is 0 Å². The molecule has 0 bridgehead atoms. The van der Waals surface area contributed by atoms with Crippen molar-refractivity contribution in [3.05, 3.63) is 67.6 Å². The van der Waals surface area contributed by atoms with Gasteiger partial charge in [-0.3, -0.25) is 0 Å². The zero-order valence-corrected chi connectivity index (χ0v) is 15.2. The van der Waals surface area contributed by atoms with Crippen LogP contribution in [0.4, 0.5) is 0 Å². The van der Waals surface area contributed by atoms with Gasteiger partial charge < -0.3 is 0 Å². The van der Waals surface area contributed by atoms with Gasteiger partial charge in [0.2, 0.25) is 0 Å². The van der Waals surface area contributed by atoms with E-state index < -0.39 is 0 Å². The molecule has 0 aliphatic heterocycles. The summed E-state index contributed by atoms with van der Waals surface area (Å²) in [5, 5.41) is 2.65. The lowest BCUT2D eigenvalue weighted by Crippen LogP contribution is -1.90. The molecule has 118 valence electrons. The molecule has 0 atom stereocenters. The van der Waals surface area contributed by atoms with Crippen molar-refractivity contribution >= 4 is 46.4 Å². The van der Waals surface area contributed by atoms with E-state index in [1.165, 1.54) is 12.8 Å². The Labute approximate surface area is 152 Å². The Bertz CT molecular complexity index is 567. The van der Waals surface area contributed by atoms with E-state index in [2.05, 4.69) is 0 Å². The number of rotatable bonds is 7. The minimum atomic E-state index is 0.634. The molecular formula is C18H18Cl4. The van der Waals surface area contributed by atoms with E-state index in [0.717, 1.165) is 36.8 Å². The second-order valence-electron chi connectivity index (χ2n) is 5.34. The maximum absolute atomic E-state index is 6.19. The highest BCUT2D eigenvalue weighted by atomic mass is 35.5. The summed E-state index contributed by atoms with van der Waals surface area (Å²) in [7, 11) is 0. The molecule has 0 saturated heterocycles. The maximum atomic E-state index is 6.19. The molecule has 0 amide bonds. The van der Waals surface area contributed by atoms with Crippen LogP contribution in [0.1, 0.15) is 36.8 Å². The van der Waals surface area contributed by atoms with Crippen LogP contribution in [-0.4, -0.2) is 0 Å². The van der Waals surface area contributed by atoms with Crippen molar-refractivity contribution in [3.8, 4) is 0 Å². The zero-order valence-electron chi connectivity index (χ0n) is 12.2. The number of hydrogen-bond donors (Lipinski definition) is 0. The Kier molecular flexibility index (Phi) is 7.37. The topological polar surface area (TPSA) is 0 Å². The van der Waals surface area contributed by atoms with Gasteiger partial charge in [-0.1, -0.05) is 83.5 Å². The van der Waals surface area contributed by atoms with E-state index in [4.69, 9.17) is 46.4 Å². The number of aryl methyl sites for hydroxylation is 2. The van der Waals surface area contributed by atoms with Gasteiger partial charge in [0.15, 0.2) is 0 Å². The Balaban J connectivity index is 1.70. The third-order valence-electron chi connectivity index (χ3n) is 3.71. The van der Waals surface area contributed by atoms with Gasteiger partial charge in [-0.15, -0.1) is 0 Å². The SMILES string of the molecule is Clc1cccc(CCCCCCc2cccc(Cl)c2Cl)c1Cl. The molecular weight excluding hydrogens is 358 g/mol. The van der Waals surface area contributed by atoms with Gasteiger partial charge in [-0.2, -0.15) is 0 Å². The molecule has 0 spiro atoms. The van der Waals surface area contributed by atoms with Crippen molar-refractivity contribution in [1.82, 2.24) is 0 Å². The van der Waals surface area contributed by atoms with Crippen LogP contribution in [-0.2, 0) is 12.8 Å². The van der Waals surface area contributed by atoms with Gasteiger partial charge in [0.1, 0.15) is 0 Å². The van der Waals surface area contributed by atoms with Crippen molar-refractivity contribution in [2.45, 2.75) is 38.5 Å². The van der Waals surface area contributed by atoms with Crippen molar-refractivity contribution in [2.75, 3.05) is 0 Å². The van der Waals surface area contributed by atoms with Gasteiger partial charge in [0.25, 0.3) is 0 Å². The third-order valence-corrected chi connectivity index (χ3v) is 5.42. The molecule has 2 aromatic rings. The smallest absolute Gasteiger partial charge is 0.0624 e. The molecule has 0 aliphatic carbocycles. The van der Waals surface area contributed by atoms with Gasteiger partial charge in [0, 0.05) is 0 Å². The van der Waals surface area contributed by atoms with Crippen LogP contribution >= 0.6 is 46.4 Å². The van der Waals surface area contributed by atoms with Gasteiger partial charge in [-0.25, -0.2) is 0 Å². The highest BCUT2D eigenvalue weighted by Gasteiger charge is 2.05. The molecule has 0 N–H and O–H groups in total. The number of benzene rings is 2. The Morgan fingerprint density at radius 1 is 0.545 bits per heavy atom. The summed E-state index contributed by atoms with van der Waals surface area (Å²) in [6.45, 7) is 0. The molecule has 0 nitrogen and oxygen atoms in total. The lowest BCUT2D eigenvalue weighted by Gasteiger charge is -2.07. The second kappa shape index (κ2) is 9.03. The lowest BCUT2D eigenvalue weighted by atomic mass is 10.0. The number of halogens is 4. The first kappa shape index (κ1) is 17.9. The highest BCUT2D eigenvalue weighted by Crippen LogP contribution is 2.28. The van der Waals surface area contributed by atoms with Crippen LogP contribution in [0.5, 0.6) is 0 Å². The van der Waals surface area contributed by atoms with E-state index in [9.17, 15) is 0 Å². The Morgan fingerprint density at radius 3 is 1.36 bits per heavy atom. The molecule has 2 aromatic carbocycles. The summed E-state index contributed by atoms with van der Waals surface area (Å²) in [5.41, 5.74) is 2.26. The molecule has 0 aromatic heterocycles. The fraction of sp³-hybridized carbons (Fsp3) is 0.333. The summed E-state index contributed by atoms with van der Waals surface area (Å²) < 4.78 is 0. The second-order valence-corrected chi connectivity index (χ2v) is 6.91. The molecule has 22 heavy (non-hydrogen) atoms. The first-order valence-corrected chi connectivity index (χ1v) is 8.96. The van der Waals surface area contributed by atoms with Crippen molar-refractivity contribution in [1.29, 1.82) is 0 Å². The van der Waals surface area contributed by atoms with Crippen molar-refractivity contribution in [2.24, 2.45) is 0 Å². The van der Waals surface area contributed by atoms with Crippen molar-refractivity contribution < 1.29 is 0 Å². The molecule has 4 heteroatoms. The normalized spacial score (nSPS) is 10.9. The summed E-state index contributed by atoms with van der Waals surface area (Å²) in [6.07, 6.45) is 6.50. The Hall–Kier alpha value is -0.400. The minimum absolute atomic E-state index is 0.634. The van der Waals surface area contributed by atoms with E-state index >= 15 is 0 Å². The van der Waals surface area contributed by atoms with Crippen LogP contribution in [0.3, 0.4) is 0 Å². The first-order chi connectivity index (χ1) is 10.6. The number of hydrogen-bond acceptors (Lipinski definition) is 0. The van der Waals surface area contributed by atoms with Crippen LogP contribution in [0, 0.1) is 0 Å². The molecule has 0 heterocycles. The predicted octanol–water partition coefficient (Wildman–Crippen LogP) is 7.65. The minimum Gasteiger partial charge on any atom is -0.0827 e. The van der Waals surface area contributed by atoms with Gasteiger partial charge in [-0.05, 0) is 48.9 Å². The average molecular weight is 376 g/mol. The van der Waals surface area contributed by atoms with Gasteiger partial charge in [0.05, 0.1) is 20.1 Å². The fourth-order valence-corrected chi connectivity index (χ4v) is 3.30. The van der Waals surface area contributed by atoms with E-state index in [1.54, 1.807) is 0 Å². The summed E-state index contributed by atoms with van der Waals surface area (Å²) in [5.74, 6) is 0. The van der Waals surface area contributed by atoms with Crippen LogP contribution < -0.4 is 0 Å². The zero-order chi connectivity index (χ0) is 15.9. The molecule has 2 rings (SSSR count). The molecule has 0 unspecified atom stereocenters. The van der Waals surface area contributed by atoms with Crippen molar-refractivity contribution in [3.63, 3.8) is 0 Å². The van der Waals surface area contributed by atoms with E-state index in [1.807, 2.05) is 36.4 Å². The first-order valence-electron chi connectivity index (χ1n) is 7.45. The quantitative estimate of drug-likeness (QED) is 0.436. The summed E-state index contributed by atoms with van der Waals surface area (Å²) >= 11 is 24.4. The van der Waals surface area contributed by atoms with Crippen LogP contribution in [0.2, 0.25) is 20.1 Å². The Morgan fingerprint density at radius 2 is 0.955 bits per heavy atom. The molecule has 0 aliphatic rings. The third kappa shape index (κ3) is 5.06. The number of unbranched alkanes of at least 4 members (excludes halogenated alkanes) is 3. The molecule has 0 radical (unpaired) electrons. The van der Waals surface area contributed by atoms with E-state index in [-0.39, 0.29) is 0 Å². The largest absolute Gasteiger partial charge is 0.0827 e. The monoisotopic (exact) mass is 374 g/mol. The maximum Gasteiger partial charge on any atom is 0.0624 e. The molecule has 0 fully saturated rings. The van der Waals surface area contributed by atoms with Gasteiger partial charge >= 0.3 is 0 Å². The summed E-state index contributed by atoms with van der Waals surface area (Å²) in [6, 6.07) is 11.6. The standard InChI is InChI=1S/C18H18Cl4/c19-15-11-5-9-13(17(15)21)7-3-1-2-4-8-14-10-6-12-16(20)18(14)22/h5-6,9-12H,1-4,7-8H2. The highest BCUT2D eigenvalue weighted by molar-refractivity contribution is 6.42. The summed E-state index contributed by atoms with van der Waals surface area (Å²) in [4.78, 5) is 0.